The fraction of sp³-hybridized carbons (Fsp3) is 0.692. The molecule has 1 aromatic rings. The Morgan fingerprint density at radius 1 is 1.58 bits per heavy atom. The lowest BCUT2D eigenvalue weighted by Gasteiger charge is -2.24. The van der Waals surface area contributed by atoms with Crippen molar-refractivity contribution in [2.75, 3.05) is 18.4 Å². The van der Waals surface area contributed by atoms with Crippen molar-refractivity contribution in [2.24, 2.45) is 0 Å². The summed E-state index contributed by atoms with van der Waals surface area (Å²) in [6, 6.07) is 0.547. The molecule has 0 bridgehead atoms. The van der Waals surface area contributed by atoms with Crippen LogP contribution in [0.4, 0.5) is 5.69 Å². The highest BCUT2D eigenvalue weighted by Gasteiger charge is 2.14. The first-order valence-corrected chi connectivity index (χ1v) is 7.63. The van der Waals surface area contributed by atoms with E-state index in [-0.39, 0.29) is 11.6 Å². The van der Waals surface area contributed by atoms with E-state index in [1.54, 1.807) is 6.20 Å². The molecule has 0 spiro atoms. The molecule has 6 heteroatoms. The molecule has 1 fully saturated rings. The summed E-state index contributed by atoms with van der Waals surface area (Å²) in [5.74, 6) is 0. The van der Waals surface area contributed by atoms with Crippen LogP contribution in [0.5, 0.6) is 0 Å². The van der Waals surface area contributed by atoms with Crippen LogP contribution < -0.4 is 16.2 Å². The van der Waals surface area contributed by atoms with Crippen LogP contribution in [0.3, 0.4) is 0 Å². The van der Waals surface area contributed by atoms with Gasteiger partial charge in [-0.05, 0) is 49.2 Å². The highest BCUT2D eigenvalue weighted by atomic mass is 79.9. The third-order valence-electron chi connectivity index (χ3n) is 3.38. The number of nitrogens with one attached hydrogen (secondary N) is 2. The second kappa shape index (κ2) is 6.52. The van der Waals surface area contributed by atoms with E-state index in [0.717, 1.165) is 18.8 Å². The molecule has 1 aliphatic heterocycles. The number of nitrogens with zero attached hydrogens (tertiary/aromatic N) is 2. The molecule has 106 valence electrons. The van der Waals surface area contributed by atoms with Crippen molar-refractivity contribution >= 4 is 21.6 Å². The van der Waals surface area contributed by atoms with Crippen molar-refractivity contribution < 1.29 is 0 Å². The highest BCUT2D eigenvalue weighted by Crippen LogP contribution is 2.18. The van der Waals surface area contributed by atoms with E-state index in [1.807, 2.05) is 13.8 Å². The van der Waals surface area contributed by atoms with Gasteiger partial charge in [0.25, 0.3) is 5.56 Å². The van der Waals surface area contributed by atoms with Crippen LogP contribution in [0.25, 0.3) is 0 Å². The average molecular weight is 329 g/mol. The van der Waals surface area contributed by atoms with Crippen LogP contribution in [0, 0.1) is 0 Å². The van der Waals surface area contributed by atoms with Gasteiger partial charge in [-0.25, -0.2) is 4.68 Å². The number of hydrogen-bond donors (Lipinski definition) is 2. The molecule has 0 aromatic carbocycles. The molecule has 1 unspecified atom stereocenters. The average Bonchev–Trinajstić information content (AvgIpc) is 2.41. The van der Waals surface area contributed by atoms with E-state index in [9.17, 15) is 4.79 Å². The van der Waals surface area contributed by atoms with E-state index in [2.05, 4.69) is 31.7 Å². The summed E-state index contributed by atoms with van der Waals surface area (Å²) in [6.45, 7) is 5.80. The van der Waals surface area contributed by atoms with Gasteiger partial charge in [0.05, 0.1) is 17.9 Å². The van der Waals surface area contributed by atoms with Gasteiger partial charge in [-0.2, -0.15) is 5.10 Å². The molecule has 5 nitrogen and oxygen atoms in total. The monoisotopic (exact) mass is 328 g/mol. The van der Waals surface area contributed by atoms with Crippen LogP contribution in [-0.4, -0.2) is 28.9 Å². The summed E-state index contributed by atoms with van der Waals surface area (Å²) in [6.07, 6.45) is 5.43. The zero-order valence-electron chi connectivity index (χ0n) is 11.4. The molecule has 0 saturated carbocycles. The Morgan fingerprint density at radius 3 is 3.00 bits per heavy atom. The van der Waals surface area contributed by atoms with Gasteiger partial charge in [-0.1, -0.05) is 6.42 Å². The topological polar surface area (TPSA) is 59.0 Å². The van der Waals surface area contributed by atoms with Crippen molar-refractivity contribution in [3.8, 4) is 0 Å². The number of rotatable bonds is 4. The van der Waals surface area contributed by atoms with Crippen LogP contribution in [0.1, 0.15) is 39.2 Å². The predicted molar refractivity (Wildman–Crippen MR) is 80.7 cm³/mol. The van der Waals surface area contributed by atoms with E-state index in [4.69, 9.17) is 0 Å². The highest BCUT2D eigenvalue weighted by molar-refractivity contribution is 9.10. The smallest absolute Gasteiger partial charge is 0.283 e. The molecule has 1 aliphatic rings. The molecule has 0 amide bonds. The standard InChI is InChI=1S/C13H21BrN4O/c1-9(2)18-13(19)12(14)11(8-17-18)16-7-10-5-3-4-6-15-10/h8-10,15-16H,3-7H2,1-2H3. The van der Waals surface area contributed by atoms with Gasteiger partial charge in [-0.3, -0.25) is 4.79 Å². The number of hydrogen-bond acceptors (Lipinski definition) is 4. The van der Waals surface area contributed by atoms with Gasteiger partial charge in [0, 0.05) is 12.6 Å². The Bertz CT molecular complexity index is 480. The maximum atomic E-state index is 12.1. The Kier molecular flexibility index (Phi) is 4.99. The number of piperidine rings is 1. The Labute approximate surface area is 121 Å². The van der Waals surface area contributed by atoms with Crippen molar-refractivity contribution in [1.29, 1.82) is 0 Å². The van der Waals surface area contributed by atoms with Gasteiger partial charge < -0.3 is 10.6 Å². The van der Waals surface area contributed by atoms with Crippen LogP contribution in [0.2, 0.25) is 0 Å². The Hall–Kier alpha value is -0.880. The molecule has 1 atom stereocenters. The molecule has 0 radical (unpaired) electrons. The maximum absolute atomic E-state index is 12.1. The third-order valence-corrected chi connectivity index (χ3v) is 4.15. The molecule has 2 rings (SSSR count). The second-order valence-corrected chi connectivity index (χ2v) is 6.04. The molecule has 0 aliphatic carbocycles. The lowest BCUT2D eigenvalue weighted by atomic mass is 10.1. The fourth-order valence-corrected chi connectivity index (χ4v) is 2.69. The first kappa shape index (κ1) is 14.5. The van der Waals surface area contributed by atoms with Crippen LogP contribution in [-0.2, 0) is 0 Å². The van der Waals surface area contributed by atoms with E-state index >= 15 is 0 Å². The summed E-state index contributed by atoms with van der Waals surface area (Å²) in [5.41, 5.74) is 0.686. The minimum atomic E-state index is -0.0865. The Morgan fingerprint density at radius 2 is 2.37 bits per heavy atom. The zero-order chi connectivity index (χ0) is 13.8. The fourth-order valence-electron chi connectivity index (χ4n) is 2.27. The summed E-state index contributed by atoms with van der Waals surface area (Å²) >= 11 is 3.37. The summed E-state index contributed by atoms with van der Waals surface area (Å²) in [5, 5.41) is 11.0. The summed E-state index contributed by atoms with van der Waals surface area (Å²) in [7, 11) is 0. The number of anilines is 1. The normalized spacial score (nSPS) is 19.7. The SMILES string of the molecule is CC(C)n1ncc(NCC2CCCCN2)c(Br)c1=O. The minimum absolute atomic E-state index is 0.0675. The van der Waals surface area contributed by atoms with E-state index in [1.165, 1.54) is 23.9 Å². The lowest BCUT2D eigenvalue weighted by molar-refractivity contribution is 0.414. The number of halogens is 1. The number of aromatic nitrogens is 2. The van der Waals surface area contributed by atoms with Gasteiger partial charge in [0.15, 0.2) is 0 Å². The quantitative estimate of drug-likeness (QED) is 0.889. The van der Waals surface area contributed by atoms with Crippen molar-refractivity contribution in [3.63, 3.8) is 0 Å². The summed E-state index contributed by atoms with van der Waals surface area (Å²) in [4.78, 5) is 12.1. The predicted octanol–water partition coefficient (Wildman–Crippen LogP) is 2.14. The van der Waals surface area contributed by atoms with Crippen molar-refractivity contribution in [1.82, 2.24) is 15.1 Å². The van der Waals surface area contributed by atoms with E-state index in [0.29, 0.717) is 10.5 Å². The maximum Gasteiger partial charge on any atom is 0.283 e. The largest absolute Gasteiger partial charge is 0.381 e. The molecular weight excluding hydrogens is 308 g/mol. The van der Waals surface area contributed by atoms with Gasteiger partial charge in [0.2, 0.25) is 0 Å². The minimum Gasteiger partial charge on any atom is -0.381 e. The van der Waals surface area contributed by atoms with Gasteiger partial charge in [-0.15, -0.1) is 0 Å². The zero-order valence-corrected chi connectivity index (χ0v) is 13.0. The van der Waals surface area contributed by atoms with Gasteiger partial charge >= 0.3 is 0 Å². The van der Waals surface area contributed by atoms with Crippen molar-refractivity contribution in [2.45, 2.75) is 45.2 Å². The van der Waals surface area contributed by atoms with E-state index < -0.39 is 0 Å². The lowest BCUT2D eigenvalue weighted by Crippen LogP contribution is -2.39. The van der Waals surface area contributed by atoms with Crippen LogP contribution in [0.15, 0.2) is 15.5 Å². The first-order chi connectivity index (χ1) is 9.09. The second-order valence-electron chi connectivity index (χ2n) is 5.24. The van der Waals surface area contributed by atoms with Gasteiger partial charge in [0.1, 0.15) is 4.47 Å². The van der Waals surface area contributed by atoms with Crippen LogP contribution >= 0.6 is 15.9 Å². The third kappa shape index (κ3) is 3.57. The molecular formula is C13H21BrN4O. The van der Waals surface area contributed by atoms with Crippen molar-refractivity contribution in [3.05, 3.63) is 21.0 Å². The molecule has 1 saturated heterocycles. The molecule has 19 heavy (non-hydrogen) atoms. The Balaban J connectivity index is 2.04. The summed E-state index contributed by atoms with van der Waals surface area (Å²) < 4.78 is 2.04. The molecule has 2 N–H and O–H groups in total. The molecule has 1 aromatic heterocycles. The molecule has 2 heterocycles. The first-order valence-electron chi connectivity index (χ1n) is 6.84.